The Morgan fingerprint density at radius 1 is 1.38 bits per heavy atom. The van der Waals surface area contributed by atoms with Crippen LogP contribution in [0.5, 0.6) is 0 Å². The second-order valence-electron chi connectivity index (χ2n) is 3.37. The van der Waals surface area contributed by atoms with Gasteiger partial charge in [0.25, 0.3) is 0 Å². The smallest absolute Gasteiger partial charge is 0.330 e. The highest BCUT2D eigenvalue weighted by atomic mass is 19.4. The van der Waals surface area contributed by atoms with Crippen LogP contribution >= 0.6 is 0 Å². The molecule has 0 aromatic rings. The summed E-state index contributed by atoms with van der Waals surface area (Å²) in [7, 11) is 0. The van der Waals surface area contributed by atoms with Gasteiger partial charge in [-0.05, 0) is 13.5 Å². The van der Waals surface area contributed by atoms with Crippen LogP contribution in [-0.2, 0) is 0 Å². The number of hydrogen-bond donors (Lipinski definition) is 1. The summed E-state index contributed by atoms with van der Waals surface area (Å²) in [5.41, 5.74) is 3.48. The van der Waals surface area contributed by atoms with Gasteiger partial charge in [0, 0.05) is 5.92 Å². The third-order valence-electron chi connectivity index (χ3n) is 2.53. The molecule has 4 heteroatoms. The first-order valence-electron chi connectivity index (χ1n) is 4.04. The third-order valence-corrected chi connectivity index (χ3v) is 2.53. The maximum atomic E-state index is 12.6. The number of alkyl halides is 3. The Morgan fingerprint density at radius 3 is 2.38 bits per heavy atom. The van der Waals surface area contributed by atoms with Crippen LogP contribution in [0.1, 0.15) is 6.92 Å². The number of halogens is 3. The van der Waals surface area contributed by atoms with E-state index in [1.807, 2.05) is 0 Å². The Morgan fingerprint density at radius 2 is 2.00 bits per heavy atom. The lowest BCUT2D eigenvalue weighted by Gasteiger charge is -2.36. The van der Waals surface area contributed by atoms with Crippen molar-refractivity contribution < 1.29 is 13.2 Å². The molecule has 74 valence electrons. The zero-order valence-electron chi connectivity index (χ0n) is 7.31. The molecule has 13 heavy (non-hydrogen) atoms. The summed E-state index contributed by atoms with van der Waals surface area (Å²) in [6.07, 6.45) is 1.46. The number of hydrogen-bond acceptors (Lipinski definition) is 1. The van der Waals surface area contributed by atoms with Gasteiger partial charge in [0.05, 0.1) is 5.41 Å². The minimum absolute atomic E-state index is 0.0108. The van der Waals surface area contributed by atoms with Crippen LogP contribution in [0, 0.1) is 11.3 Å². The minimum atomic E-state index is -4.24. The maximum Gasteiger partial charge on any atom is 0.398 e. The normalized spacial score (nSPS) is 33.8. The van der Waals surface area contributed by atoms with Crippen LogP contribution in [0.15, 0.2) is 24.3 Å². The van der Waals surface area contributed by atoms with Crippen molar-refractivity contribution in [2.24, 2.45) is 17.1 Å². The molecule has 1 aliphatic rings. The second kappa shape index (κ2) is 3.18. The highest BCUT2D eigenvalue weighted by Gasteiger charge is 2.53. The Labute approximate surface area is 75.1 Å². The van der Waals surface area contributed by atoms with E-state index in [0.717, 1.165) is 0 Å². The standard InChI is InChI=1S/C9H12F3N/c1-8(9(10,11)12)5-3-2-4-7(8)6-13/h2-5,7H,6,13H2,1H3/t7-,8-/m0/s1. The molecule has 0 heterocycles. The molecular weight excluding hydrogens is 179 g/mol. The van der Waals surface area contributed by atoms with Crippen molar-refractivity contribution in [3.05, 3.63) is 24.3 Å². The molecule has 0 radical (unpaired) electrons. The Kier molecular flexibility index (Phi) is 2.52. The van der Waals surface area contributed by atoms with Crippen LogP contribution in [0.4, 0.5) is 13.2 Å². The summed E-state index contributed by atoms with van der Waals surface area (Å²) in [6, 6.07) is 0. The molecule has 0 fully saturated rings. The second-order valence-corrected chi connectivity index (χ2v) is 3.37. The van der Waals surface area contributed by atoms with Gasteiger partial charge in [-0.1, -0.05) is 24.3 Å². The molecule has 0 aromatic heterocycles. The van der Waals surface area contributed by atoms with Gasteiger partial charge in [-0.3, -0.25) is 0 Å². The lowest BCUT2D eigenvalue weighted by atomic mass is 9.74. The van der Waals surface area contributed by atoms with E-state index in [-0.39, 0.29) is 6.54 Å². The predicted molar refractivity (Wildman–Crippen MR) is 45.0 cm³/mol. The highest BCUT2D eigenvalue weighted by Crippen LogP contribution is 2.46. The quantitative estimate of drug-likeness (QED) is 0.676. The van der Waals surface area contributed by atoms with E-state index in [9.17, 15) is 13.2 Å². The fraction of sp³-hybridized carbons (Fsp3) is 0.556. The lowest BCUT2D eigenvalue weighted by Crippen LogP contribution is -2.43. The van der Waals surface area contributed by atoms with E-state index in [1.54, 1.807) is 6.08 Å². The number of allylic oxidation sites excluding steroid dienone is 3. The summed E-state index contributed by atoms with van der Waals surface area (Å²) in [4.78, 5) is 0. The van der Waals surface area contributed by atoms with Gasteiger partial charge in [0.15, 0.2) is 0 Å². The Hall–Kier alpha value is -0.770. The van der Waals surface area contributed by atoms with Crippen molar-refractivity contribution in [1.82, 2.24) is 0 Å². The monoisotopic (exact) mass is 191 g/mol. The molecule has 0 amide bonds. The molecule has 2 N–H and O–H groups in total. The van der Waals surface area contributed by atoms with Crippen LogP contribution in [0.25, 0.3) is 0 Å². The van der Waals surface area contributed by atoms with Crippen molar-refractivity contribution >= 4 is 0 Å². The van der Waals surface area contributed by atoms with Gasteiger partial charge in [0.2, 0.25) is 0 Å². The molecule has 0 aliphatic heterocycles. The number of nitrogens with two attached hydrogens (primary N) is 1. The van der Waals surface area contributed by atoms with Gasteiger partial charge in [-0.2, -0.15) is 13.2 Å². The first kappa shape index (κ1) is 10.3. The molecule has 1 rings (SSSR count). The molecular formula is C9H12F3N. The van der Waals surface area contributed by atoms with Crippen LogP contribution in [-0.4, -0.2) is 12.7 Å². The summed E-state index contributed by atoms with van der Waals surface area (Å²) in [5.74, 6) is -0.655. The van der Waals surface area contributed by atoms with Gasteiger partial charge in [0.1, 0.15) is 0 Å². The predicted octanol–water partition coefficient (Wildman–Crippen LogP) is 2.26. The van der Waals surface area contributed by atoms with Crippen molar-refractivity contribution in [2.45, 2.75) is 13.1 Å². The molecule has 0 bridgehead atoms. The largest absolute Gasteiger partial charge is 0.398 e. The summed E-state index contributed by atoms with van der Waals surface area (Å²) in [5, 5.41) is 0. The van der Waals surface area contributed by atoms with E-state index < -0.39 is 17.5 Å². The SMILES string of the molecule is C[C@]1(C(F)(F)F)C=CC=C[C@H]1CN. The van der Waals surface area contributed by atoms with Crippen molar-refractivity contribution in [3.63, 3.8) is 0 Å². The average Bonchev–Trinajstić information content (AvgIpc) is 2.03. The summed E-state index contributed by atoms with van der Waals surface area (Å²) >= 11 is 0. The number of rotatable bonds is 1. The van der Waals surface area contributed by atoms with Gasteiger partial charge < -0.3 is 5.73 Å². The fourth-order valence-corrected chi connectivity index (χ4v) is 1.41. The van der Waals surface area contributed by atoms with Crippen LogP contribution < -0.4 is 5.73 Å². The molecule has 1 nitrogen and oxygen atoms in total. The van der Waals surface area contributed by atoms with Crippen molar-refractivity contribution in [2.75, 3.05) is 6.54 Å². The van der Waals surface area contributed by atoms with E-state index in [0.29, 0.717) is 0 Å². The Bertz CT molecular complexity index is 242. The molecule has 0 aromatic carbocycles. The molecule has 0 spiro atoms. The van der Waals surface area contributed by atoms with E-state index in [2.05, 4.69) is 0 Å². The topological polar surface area (TPSA) is 26.0 Å². The Balaban J connectivity index is 3.00. The zero-order valence-corrected chi connectivity index (χ0v) is 7.31. The van der Waals surface area contributed by atoms with Crippen LogP contribution in [0.3, 0.4) is 0 Å². The maximum absolute atomic E-state index is 12.6. The summed E-state index contributed by atoms with van der Waals surface area (Å²) in [6.45, 7) is 1.18. The zero-order chi connectivity index (χ0) is 10.1. The summed E-state index contributed by atoms with van der Waals surface area (Å²) < 4.78 is 37.9. The molecule has 0 unspecified atom stereocenters. The van der Waals surface area contributed by atoms with E-state index >= 15 is 0 Å². The first-order valence-corrected chi connectivity index (χ1v) is 4.04. The first-order chi connectivity index (χ1) is 5.92. The molecule has 2 atom stereocenters. The van der Waals surface area contributed by atoms with Crippen molar-refractivity contribution in [1.29, 1.82) is 0 Å². The lowest BCUT2D eigenvalue weighted by molar-refractivity contribution is -0.211. The molecule has 1 aliphatic carbocycles. The van der Waals surface area contributed by atoms with E-state index in [4.69, 9.17) is 5.73 Å². The van der Waals surface area contributed by atoms with Gasteiger partial charge in [-0.25, -0.2) is 0 Å². The average molecular weight is 191 g/mol. The van der Waals surface area contributed by atoms with E-state index in [1.165, 1.54) is 25.2 Å². The fourth-order valence-electron chi connectivity index (χ4n) is 1.41. The molecule has 0 saturated carbocycles. The highest BCUT2D eigenvalue weighted by molar-refractivity contribution is 5.21. The van der Waals surface area contributed by atoms with Gasteiger partial charge in [-0.15, -0.1) is 0 Å². The van der Waals surface area contributed by atoms with Gasteiger partial charge >= 0.3 is 6.18 Å². The van der Waals surface area contributed by atoms with Crippen LogP contribution in [0.2, 0.25) is 0 Å². The minimum Gasteiger partial charge on any atom is -0.330 e. The van der Waals surface area contributed by atoms with Crippen molar-refractivity contribution in [3.8, 4) is 0 Å². The molecule has 0 saturated heterocycles. The third kappa shape index (κ3) is 1.63.